The second kappa shape index (κ2) is 8.04. The van der Waals surface area contributed by atoms with Gasteiger partial charge in [0.2, 0.25) is 5.76 Å². The molecule has 0 saturated heterocycles. The summed E-state index contributed by atoms with van der Waals surface area (Å²) in [5, 5.41) is 0.555. The van der Waals surface area contributed by atoms with Crippen molar-refractivity contribution < 1.29 is 9.21 Å². The highest BCUT2D eigenvalue weighted by Crippen LogP contribution is 2.39. The average molecular weight is 438 g/mol. The van der Waals surface area contributed by atoms with Crippen LogP contribution in [-0.4, -0.2) is 10.8 Å². The third-order valence-electron chi connectivity index (χ3n) is 6.59. The van der Waals surface area contributed by atoms with Crippen molar-refractivity contribution in [1.82, 2.24) is 4.90 Å². The number of hydrogen-bond donors (Lipinski definition) is 0. The minimum absolute atomic E-state index is 0.118. The molecule has 1 aromatic heterocycles. The molecule has 166 valence electrons. The fourth-order valence-corrected chi connectivity index (χ4v) is 4.85. The molecule has 1 atom stereocenters. The van der Waals surface area contributed by atoms with Gasteiger partial charge in [0.15, 0.2) is 5.43 Å². The molecule has 4 aromatic rings. The summed E-state index contributed by atoms with van der Waals surface area (Å²) in [5.41, 5.74) is 6.97. The van der Waals surface area contributed by atoms with Crippen LogP contribution in [0, 0.1) is 20.8 Å². The molecule has 0 fully saturated rings. The van der Waals surface area contributed by atoms with Gasteiger partial charge in [-0.2, -0.15) is 0 Å². The van der Waals surface area contributed by atoms with Gasteiger partial charge in [0.05, 0.1) is 17.0 Å². The Balaban J connectivity index is 1.73. The number of rotatable bonds is 4. The smallest absolute Gasteiger partial charge is 0.291 e. The normalized spacial score (nSPS) is 15.3. The van der Waals surface area contributed by atoms with E-state index >= 15 is 0 Å². The molecule has 1 aliphatic heterocycles. The molecule has 1 aliphatic rings. The maximum Gasteiger partial charge on any atom is 0.291 e. The van der Waals surface area contributed by atoms with Gasteiger partial charge in [-0.15, -0.1) is 0 Å². The quantitative estimate of drug-likeness (QED) is 0.392. The Labute approximate surface area is 193 Å². The lowest BCUT2D eigenvalue weighted by atomic mass is 9.95. The second-order valence-electron chi connectivity index (χ2n) is 9.05. The molecule has 33 heavy (non-hydrogen) atoms. The van der Waals surface area contributed by atoms with E-state index in [1.54, 1.807) is 4.90 Å². The predicted molar refractivity (Wildman–Crippen MR) is 131 cm³/mol. The highest BCUT2D eigenvalue weighted by Gasteiger charge is 2.42. The molecule has 4 nitrogen and oxygen atoms in total. The van der Waals surface area contributed by atoms with Gasteiger partial charge in [-0.3, -0.25) is 9.59 Å². The largest absolute Gasteiger partial charge is 0.450 e. The number of nitrogens with zero attached hydrogens (tertiary/aromatic N) is 1. The Kier molecular flexibility index (Phi) is 5.16. The van der Waals surface area contributed by atoms with Gasteiger partial charge in [0.25, 0.3) is 5.91 Å². The summed E-state index contributed by atoms with van der Waals surface area (Å²) in [7, 11) is 0. The van der Waals surface area contributed by atoms with Crippen LogP contribution in [0.15, 0.2) is 69.9 Å². The zero-order valence-corrected chi connectivity index (χ0v) is 19.4. The van der Waals surface area contributed by atoms with Crippen LogP contribution in [-0.2, 0) is 13.0 Å². The first-order valence-corrected chi connectivity index (χ1v) is 11.4. The van der Waals surface area contributed by atoms with E-state index < -0.39 is 6.04 Å². The minimum Gasteiger partial charge on any atom is -0.450 e. The van der Waals surface area contributed by atoms with E-state index in [4.69, 9.17) is 4.42 Å². The van der Waals surface area contributed by atoms with Crippen molar-refractivity contribution in [2.75, 3.05) is 0 Å². The number of aryl methyl sites for hydroxylation is 4. The first-order valence-electron chi connectivity index (χ1n) is 11.4. The van der Waals surface area contributed by atoms with E-state index in [-0.39, 0.29) is 17.1 Å². The van der Waals surface area contributed by atoms with Gasteiger partial charge in [0, 0.05) is 6.54 Å². The van der Waals surface area contributed by atoms with E-state index in [0.717, 1.165) is 34.2 Å². The Bertz CT molecular complexity index is 1430. The molecular weight excluding hydrogens is 410 g/mol. The topological polar surface area (TPSA) is 50.5 Å². The molecule has 0 bridgehead atoms. The standard InChI is InChI=1S/C29H27NO3/c1-5-20-10-12-22(13-11-20)26-25-27(31)24-19(4)14-18(3)15-23(24)33-28(25)29(32)30(26)16-21-8-6-17(2)7-9-21/h6-15,26H,5,16H2,1-4H3. The lowest BCUT2D eigenvalue weighted by molar-refractivity contribution is 0.0714. The van der Waals surface area contributed by atoms with E-state index in [2.05, 4.69) is 19.1 Å². The monoisotopic (exact) mass is 437 g/mol. The van der Waals surface area contributed by atoms with Crippen molar-refractivity contribution >= 4 is 16.9 Å². The average Bonchev–Trinajstić information content (AvgIpc) is 3.07. The molecule has 0 radical (unpaired) electrons. The highest BCUT2D eigenvalue weighted by molar-refractivity contribution is 5.99. The highest BCUT2D eigenvalue weighted by atomic mass is 16.3. The number of carbonyl (C=O) groups excluding carboxylic acids is 1. The number of amides is 1. The van der Waals surface area contributed by atoms with Crippen LogP contribution in [0.25, 0.3) is 11.0 Å². The van der Waals surface area contributed by atoms with Gasteiger partial charge < -0.3 is 9.32 Å². The first-order chi connectivity index (χ1) is 15.9. The van der Waals surface area contributed by atoms with Crippen molar-refractivity contribution in [3.63, 3.8) is 0 Å². The molecule has 0 N–H and O–H groups in total. The number of hydrogen-bond acceptors (Lipinski definition) is 3. The molecule has 5 rings (SSSR count). The Morgan fingerprint density at radius 2 is 1.52 bits per heavy atom. The van der Waals surface area contributed by atoms with E-state index in [1.165, 1.54) is 5.56 Å². The molecule has 0 saturated carbocycles. The third kappa shape index (κ3) is 3.56. The summed E-state index contributed by atoms with van der Waals surface area (Å²) in [4.78, 5) is 29.2. The molecule has 1 unspecified atom stereocenters. The van der Waals surface area contributed by atoms with Gasteiger partial charge >= 0.3 is 0 Å². The Morgan fingerprint density at radius 3 is 2.18 bits per heavy atom. The second-order valence-corrected chi connectivity index (χ2v) is 9.05. The van der Waals surface area contributed by atoms with Crippen LogP contribution in [0.4, 0.5) is 0 Å². The fourth-order valence-electron chi connectivity index (χ4n) is 4.85. The van der Waals surface area contributed by atoms with Crippen LogP contribution in [0.1, 0.15) is 62.5 Å². The zero-order chi connectivity index (χ0) is 23.3. The Hall–Kier alpha value is -3.66. The lowest BCUT2D eigenvalue weighted by Crippen LogP contribution is -2.29. The zero-order valence-electron chi connectivity index (χ0n) is 19.4. The number of benzene rings is 3. The van der Waals surface area contributed by atoms with Crippen LogP contribution in [0.3, 0.4) is 0 Å². The van der Waals surface area contributed by atoms with E-state index in [0.29, 0.717) is 23.1 Å². The summed E-state index contributed by atoms with van der Waals surface area (Å²) in [6, 6.07) is 19.7. The summed E-state index contributed by atoms with van der Waals surface area (Å²) < 4.78 is 6.15. The molecule has 1 amide bonds. The SMILES string of the molecule is CCc1ccc(C2c3c(oc4cc(C)cc(C)c4c3=O)C(=O)N2Cc2ccc(C)cc2)cc1. The van der Waals surface area contributed by atoms with Crippen molar-refractivity contribution in [3.8, 4) is 0 Å². The summed E-state index contributed by atoms with van der Waals surface area (Å²) >= 11 is 0. The van der Waals surface area contributed by atoms with Gasteiger partial charge in [-0.1, -0.05) is 67.1 Å². The first kappa shape index (κ1) is 21.2. The molecule has 4 heteroatoms. The Morgan fingerprint density at radius 1 is 0.848 bits per heavy atom. The minimum atomic E-state index is -0.485. The van der Waals surface area contributed by atoms with Crippen LogP contribution >= 0.6 is 0 Å². The number of carbonyl (C=O) groups is 1. The van der Waals surface area contributed by atoms with Gasteiger partial charge in [0.1, 0.15) is 5.58 Å². The maximum atomic E-state index is 13.8. The lowest BCUT2D eigenvalue weighted by Gasteiger charge is -2.25. The summed E-state index contributed by atoms with van der Waals surface area (Å²) in [5.74, 6) is -0.0810. The summed E-state index contributed by atoms with van der Waals surface area (Å²) in [6.07, 6.45) is 0.929. The third-order valence-corrected chi connectivity index (χ3v) is 6.59. The van der Waals surface area contributed by atoms with E-state index in [1.807, 2.05) is 69.3 Å². The van der Waals surface area contributed by atoms with Crippen molar-refractivity contribution in [1.29, 1.82) is 0 Å². The van der Waals surface area contributed by atoms with Crippen LogP contribution in [0.5, 0.6) is 0 Å². The van der Waals surface area contributed by atoms with Crippen molar-refractivity contribution in [3.05, 3.63) is 116 Å². The van der Waals surface area contributed by atoms with Crippen molar-refractivity contribution in [2.45, 2.75) is 46.7 Å². The van der Waals surface area contributed by atoms with Gasteiger partial charge in [-0.05, 0) is 61.1 Å². The fraction of sp³-hybridized carbons (Fsp3) is 0.241. The molecule has 3 aromatic carbocycles. The molecular formula is C29H27NO3. The molecule has 0 aliphatic carbocycles. The number of fused-ring (bicyclic) bond motifs is 2. The summed E-state index contributed by atoms with van der Waals surface area (Å²) in [6.45, 7) is 8.43. The van der Waals surface area contributed by atoms with E-state index in [9.17, 15) is 9.59 Å². The predicted octanol–water partition coefficient (Wildman–Crippen LogP) is 6.03. The van der Waals surface area contributed by atoms with Gasteiger partial charge in [-0.25, -0.2) is 0 Å². The molecule has 2 heterocycles. The van der Waals surface area contributed by atoms with Crippen LogP contribution in [0.2, 0.25) is 0 Å². The maximum absolute atomic E-state index is 13.8. The molecule has 0 spiro atoms. The van der Waals surface area contributed by atoms with Crippen LogP contribution < -0.4 is 5.43 Å². The van der Waals surface area contributed by atoms with Crippen molar-refractivity contribution in [2.24, 2.45) is 0 Å².